The topological polar surface area (TPSA) is 79.2 Å². The minimum Gasteiger partial charge on any atom is -0.354 e. The molecule has 2 amide bonds. The van der Waals surface area contributed by atoms with Gasteiger partial charge in [-0.3, -0.25) is 0 Å². The fourth-order valence-corrected chi connectivity index (χ4v) is 5.49. The van der Waals surface area contributed by atoms with Crippen molar-refractivity contribution in [2.75, 3.05) is 31.1 Å². The van der Waals surface area contributed by atoms with Gasteiger partial charge in [0.15, 0.2) is 5.65 Å². The van der Waals surface area contributed by atoms with Crippen molar-refractivity contribution in [1.82, 2.24) is 30.0 Å². The number of benzene rings is 1. The van der Waals surface area contributed by atoms with Gasteiger partial charge >= 0.3 is 6.03 Å². The van der Waals surface area contributed by atoms with Gasteiger partial charge in [0.05, 0.1) is 16.8 Å². The highest BCUT2D eigenvalue weighted by atomic mass is 16.2. The van der Waals surface area contributed by atoms with Crippen LogP contribution in [0.15, 0.2) is 30.3 Å². The fourth-order valence-electron chi connectivity index (χ4n) is 5.49. The quantitative estimate of drug-likeness (QED) is 0.553. The summed E-state index contributed by atoms with van der Waals surface area (Å²) in [6.45, 7) is 9.50. The van der Waals surface area contributed by atoms with E-state index in [1.807, 2.05) is 34.7 Å². The lowest BCUT2D eigenvalue weighted by atomic mass is 9.96. The van der Waals surface area contributed by atoms with Gasteiger partial charge in [0.25, 0.3) is 0 Å². The summed E-state index contributed by atoms with van der Waals surface area (Å²) in [7, 11) is 0. The zero-order valence-electron chi connectivity index (χ0n) is 21.9. The van der Waals surface area contributed by atoms with Gasteiger partial charge < -0.3 is 15.1 Å². The summed E-state index contributed by atoms with van der Waals surface area (Å²) < 4.78 is 1.95. The van der Waals surface area contributed by atoms with E-state index in [0.717, 1.165) is 79.4 Å². The van der Waals surface area contributed by atoms with Crippen LogP contribution in [-0.4, -0.2) is 62.9 Å². The largest absolute Gasteiger partial charge is 0.354 e. The van der Waals surface area contributed by atoms with Crippen LogP contribution in [0.5, 0.6) is 0 Å². The Bertz CT molecular complexity index is 1180. The van der Waals surface area contributed by atoms with E-state index < -0.39 is 0 Å². The number of fused-ring (bicyclic) bond motifs is 1. The van der Waals surface area contributed by atoms with Gasteiger partial charge in [-0.15, -0.1) is 0 Å². The molecule has 0 bridgehead atoms. The number of nitrogens with one attached hydrogen (secondary N) is 1. The minimum absolute atomic E-state index is 0.0881. The third kappa shape index (κ3) is 5.32. The SMILES string of the molecule is Cc1nn(-c2ccccc2)c2nc(CC(C)C)nc(N3CCCN(C(=O)NC4CCCCC4)CC3)c12. The number of anilines is 1. The third-order valence-corrected chi connectivity index (χ3v) is 7.34. The molecule has 3 heterocycles. The molecule has 2 aromatic heterocycles. The first-order valence-corrected chi connectivity index (χ1v) is 13.6. The Morgan fingerprint density at radius 1 is 1.00 bits per heavy atom. The number of hydrogen-bond donors (Lipinski definition) is 1. The third-order valence-electron chi connectivity index (χ3n) is 7.34. The highest BCUT2D eigenvalue weighted by Crippen LogP contribution is 2.30. The highest BCUT2D eigenvalue weighted by molar-refractivity contribution is 5.91. The summed E-state index contributed by atoms with van der Waals surface area (Å²) in [4.78, 5) is 27.4. The second-order valence-corrected chi connectivity index (χ2v) is 10.7. The van der Waals surface area contributed by atoms with Gasteiger partial charge in [-0.05, 0) is 44.2 Å². The second-order valence-electron chi connectivity index (χ2n) is 10.7. The Kier molecular flexibility index (Phi) is 7.39. The average molecular weight is 490 g/mol. The molecule has 1 saturated heterocycles. The maximum Gasteiger partial charge on any atom is 0.317 e. The summed E-state index contributed by atoms with van der Waals surface area (Å²) in [5, 5.41) is 9.18. The van der Waals surface area contributed by atoms with Crippen LogP contribution in [-0.2, 0) is 6.42 Å². The smallest absolute Gasteiger partial charge is 0.317 e. The van der Waals surface area contributed by atoms with Gasteiger partial charge in [0, 0.05) is 38.6 Å². The van der Waals surface area contributed by atoms with Crippen molar-refractivity contribution in [1.29, 1.82) is 0 Å². The molecule has 1 saturated carbocycles. The van der Waals surface area contributed by atoms with Crippen LogP contribution in [0.3, 0.4) is 0 Å². The molecule has 8 nitrogen and oxygen atoms in total. The number of amides is 2. The van der Waals surface area contributed by atoms with Crippen molar-refractivity contribution >= 4 is 22.9 Å². The van der Waals surface area contributed by atoms with Crippen LogP contribution in [0.2, 0.25) is 0 Å². The number of aromatic nitrogens is 4. The first kappa shape index (κ1) is 24.5. The standard InChI is InChI=1S/C28H39N7O/c1-20(2)19-24-30-26(25-21(3)32-35(27(25)31-24)23-13-8-5-9-14-23)33-15-10-16-34(18-17-33)28(36)29-22-11-6-4-7-12-22/h5,8-9,13-14,20,22H,4,6-7,10-12,15-19H2,1-3H3,(H,29,36). The fraction of sp³-hybridized carbons (Fsp3) is 0.571. The Morgan fingerprint density at radius 3 is 2.53 bits per heavy atom. The monoisotopic (exact) mass is 489 g/mol. The van der Waals surface area contributed by atoms with Gasteiger partial charge in [-0.2, -0.15) is 5.10 Å². The molecule has 1 aliphatic carbocycles. The van der Waals surface area contributed by atoms with Crippen LogP contribution >= 0.6 is 0 Å². The van der Waals surface area contributed by atoms with Crippen molar-refractivity contribution in [2.45, 2.75) is 71.8 Å². The summed E-state index contributed by atoms with van der Waals surface area (Å²) in [5.74, 6) is 2.25. The first-order valence-electron chi connectivity index (χ1n) is 13.6. The number of rotatable bonds is 5. The molecule has 0 radical (unpaired) electrons. The lowest BCUT2D eigenvalue weighted by Crippen LogP contribution is -2.46. The summed E-state index contributed by atoms with van der Waals surface area (Å²) in [6, 6.07) is 10.6. The molecule has 0 spiro atoms. The summed E-state index contributed by atoms with van der Waals surface area (Å²) >= 11 is 0. The number of para-hydroxylation sites is 1. The molecule has 3 aromatic rings. The Balaban J connectivity index is 1.43. The molecule has 1 aromatic carbocycles. The highest BCUT2D eigenvalue weighted by Gasteiger charge is 2.26. The maximum absolute atomic E-state index is 13.0. The van der Waals surface area contributed by atoms with Crippen molar-refractivity contribution in [2.24, 2.45) is 5.92 Å². The second kappa shape index (κ2) is 10.8. The average Bonchev–Trinajstić information content (AvgIpc) is 3.04. The number of hydrogen-bond acceptors (Lipinski definition) is 5. The lowest BCUT2D eigenvalue weighted by molar-refractivity contribution is 0.193. The molecule has 5 rings (SSSR count). The van der Waals surface area contributed by atoms with Gasteiger partial charge in [0.2, 0.25) is 0 Å². The number of nitrogens with zero attached hydrogens (tertiary/aromatic N) is 6. The molecular weight excluding hydrogens is 450 g/mol. The van der Waals surface area contributed by atoms with Crippen molar-refractivity contribution in [3.63, 3.8) is 0 Å². The molecule has 2 fully saturated rings. The summed E-state index contributed by atoms with van der Waals surface area (Å²) in [6.07, 6.45) is 7.66. The molecule has 0 atom stereocenters. The Morgan fingerprint density at radius 2 is 1.78 bits per heavy atom. The predicted octanol–water partition coefficient (Wildman–Crippen LogP) is 4.88. The van der Waals surface area contributed by atoms with E-state index in [0.29, 0.717) is 18.5 Å². The van der Waals surface area contributed by atoms with E-state index in [1.54, 1.807) is 0 Å². The number of urea groups is 1. The number of carbonyl (C=O) groups excluding carboxylic acids is 1. The van der Waals surface area contributed by atoms with Crippen molar-refractivity contribution < 1.29 is 4.79 Å². The van der Waals surface area contributed by atoms with E-state index in [1.165, 1.54) is 19.3 Å². The molecule has 192 valence electrons. The van der Waals surface area contributed by atoms with Gasteiger partial charge in [-0.1, -0.05) is 51.3 Å². The Hall–Kier alpha value is -3.16. The van der Waals surface area contributed by atoms with E-state index in [-0.39, 0.29) is 6.03 Å². The Labute approximate surface area is 214 Å². The molecule has 1 N–H and O–H groups in total. The van der Waals surface area contributed by atoms with Crippen LogP contribution < -0.4 is 10.2 Å². The van der Waals surface area contributed by atoms with Crippen molar-refractivity contribution in [3.05, 3.63) is 41.9 Å². The normalized spacial score (nSPS) is 17.6. The zero-order valence-corrected chi connectivity index (χ0v) is 21.9. The molecule has 8 heteroatoms. The van der Waals surface area contributed by atoms with Crippen LogP contribution in [0.25, 0.3) is 16.7 Å². The van der Waals surface area contributed by atoms with Gasteiger partial charge in [-0.25, -0.2) is 19.4 Å². The number of aryl methyl sites for hydroxylation is 1. The summed E-state index contributed by atoms with van der Waals surface area (Å²) in [5.41, 5.74) is 2.78. The van der Waals surface area contributed by atoms with Crippen LogP contribution in [0.1, 0.15) is 63.9 Å². The molecular formula is C28H39N7O. The van der Waals surface area contributed by atoms with Crippen LogP contribution in [0, 0.1) is 12.8 Å². The lowest BCUT2D eigenvalue weighted by Gasteiger charge is -2.28. The van der Waals surface area contributed by atoms with Crippen LogP contribution in [0.4, 0.5) is 10.6 Å². The van der Waals surface area contributed by atoms with E-state index in [9.17, 15) is 4.79 Å². The molecule has 36 heavy (non-hydrogen) atoms. The van der Waals surface area contributed by atoms with E-state index in [4.69, 9.17) is 15.1 Å². The molecule has 0 unspecified atom stereocenters. The molecule has 2 aliphatic rings. The number of carbonyl (C=O) groups is 1. The maximum atomic E-state index is 13.0. The zero-order chi connectivity index (χ0) is 25.1. The first-order chi connectivity index (χ1) is 17.5. The minimum atomic E-state index is 0.0881. The van der Waals surface area contributed by atoms with Crippen molar-refractivity contribution in [3.8, 4) is 5.69 Å². The van der Waals surface area contributed by atoms with E-state index >= 15 is 0 Å². The van der Waals surface area contributed by atoms with Gasteiger partial charge in [0.1, 0.15) is 11.6 Å². The molecule has 1 aliphatic heterocycles. The predicted molar refractivity (Wildman–Crippen MR) is 144 cm³/mol. The van der Waals surface area contributed by atoms with E-state index in [2.05, 4.69) is 36.2 Å².